The normalized spacial score (nSPS) is 19.1. The largest absolute Gasteiger partial charge is 0.399 e. The highest BCUT2D eigenvalue weighted by molar-refractivity contribution is 5.96. The number of anilines is 2. The Bertz CT molecular complexity index is 492. The van der Waals surface area contributed by atoms with Crippen molar-refractivity contribution in [3.05, 3.63) is 23.8 Å². The fourth-order valence-corrected chi connectivity index (χ4v) is 3.59. The van der Waals surface area contributed by atoms with E-state index in [1.165, 1.54) is 37.7 Å². The van der Waals surface area contributed by atoms with Gasteiger partial charge in [0.2, 0.25) is 5.91 Å². The van der Waals surface area contributed by atoms with Crippen molar-refractivity contribution >= 4 is 17.3 Å². The van der Waals surface area contributed by atoms with E-state index in [1.54, 1.807) is 0 Å². The lowest BCUT2D eigenvalue weighted by molar-refractivity contribution is -0.118. The maximum Gasteiger partial charge on any atom is 0.227 e. The Morgan fingerprint density at radius 3 is 2.85 bits per heavy atom. The van der Waals surface area contributed by atoms with Crippen molar-refractivity contribution in [1.82, 2.24) is 0 Å². The third-order valence-corrected chi connectivity index (χ3v) is 4.80. The first-order valence-electron chi connectivity index (χ1n) is 7.93. The summed E-state index contributed by atoms with van der Waals surface area (Å²) >= 11 is 0. The molecule has 0 unspecified atom stereocenters. The number of nitrogens with two attached hydrogens (primary N) is 1. The van der Waals surface area contributed by atoms with E-state index in [2.05, 4.69) is 6.07 Å². The van der Waals surface area contributed by atoms with Gasteiger partial charge in [0.1, 0.15) is 0 Å². The highest BCUT2D eigenvalue weighted by Crippen LogP contribution is 2.32. The predicted molar refractivity (Wildman–Crippen MR) is 82.7 cm³/mol. The predicted octanol–water partition coefficient (Wildman–Crippen LogP) is 3.52. The van der Waals surface area contributed by atoms with E-state index in [9.17, 15) is 4.79 Å². The van der Waals surface area contributed by atoms with Crippen LogP contribution in [0.4, 0.5) is 11.4 Å². The van der Waals surface area contributed by atoms with Crippen molar-refractivity contribution < 1.29 is 4.79 Å². The first-order valence-corrected chi connectivity index (χ1v) is 7.93. The van der Waals surface area contributed by atoms with Crippen LogP contribution in [-0.4, -0.2) is 12.5 Å². The molecule has 3 rings (SSSR count). The van der Waals surface area contributed by atoms with Gasteiger partial charge in [0.05, 0.1) is 0 Å². The summed E-state index contributed by atoms with van der Waals surface area (Å²) in [6.07, 6.45) is 9.43. The fourth-order valence-electron chi connectivity index (χ4n) is 3.59. The van der Waals surface area contributed by atoms with Crippen molar-refractivity contribution in [2.45, 2.75) is 51.4 Å². The molecular weight excluding hydrogens is 248 g/mol. The van der Waals surface area contributed by atoms with E-state index >= 15 is 0 Å². The Kier molecular flexibility index (Phi) is 3.95. The molecule has 2 N–H and O–H groups in total. The average Bonchev–Trinajstić information content (AvgIpc) is 2.89. The van der Waals surface area contributed by atoms with E-state index in [1.807, 2.05) is 17.0 Å². The van der Waals surface area contributed by atoms with Crippen LogP contribution >= 0.6 is 0 Å². The van der Waals surface area contributed by atoms with E-state index < -0.39 is 0 Å². The summed E-state index contributed by atoms with van der Waals surface area (Å²) in [6.45, 7) is 0.822. The van der Waals surface area contributed by atoms with Crippen LogP contribution in [0.1, 0.15) is 50.5 Å². The molecule has 0 saturated heterocycles. The molecule has 0 spiro atoms. The van der Waals surface area contributed by atoms with Gasteiger partial charge in [-0.3, -0.25) is 4.79 Å². The minimum atomic E-state index is 0.278. The van der Waals surface area contributed by atoms with E-state index in [0.29, 0.717) is 6.42 Å². The van der Waals surface area contributed by atoms with Crippen molar-refractivity contribution in [2.75, 3.05) is 17.2 Å². The standard InChI is InChI=1S/C17H24N2O/c18-15-8-7-14-10-11-19(16(14)12-15)17(20)9-6-13-4-2-1-3-5-13/h7-8,12-13H,1-6,9-11,18H2. The van der Waals surface area contributed by atoms with Gasteiger partial charge in [-0.25, -0.2) is 0 Å². The van der Waals surface area contributed by atoms with Gasteiger partial charge in [-0.1, -0.05) is 38.2 Å². The van der Waals surface area contributed by atoms with Gasteiger partial charge < -0.3 is 10.6 Å². The maximum absolute atomic E-state index is 12.4. The summed E-state index contributed by atoms with van der Waals surface area (Å²) in [5.41, 5.74) is 8.89. The summed E-state index contributed by atoms with van der Waals surface area (Å²) in [7, 11) is 0. The molecule has 1 amide bonds. The van der Waals surface area contributed by atoms with Gasteiger partial charge in [0.15, 0.2) is 0 Å². The van der Waals surface area contributed by atoms with Crippen LogP contribution in [0.3, 0.4) is 0 Å². The fraction of sp³-hybridized carbons (Fsp3) is 0.588. The first-order chi connectivity index (χ1) is 9.74. The lowest BCUT2D eigenvalue weighted by atomic mass is 9.86. The SMILES string of the molecule is Nc1ccc2c(c1)N(C(=O)CCC1CCCCC1)CC2. The Hall–Kier alpha value is -1.51. The van der Waals surface area contributed by atoms with Gasteiger partial charge in [0.25, 0.3) is 0 Å². The van der Waals surface area contributed by atoms with Gasteiger partial charge in [-0.2, -0.15) is 0 Å². The van der Waals surface area contributed by atoms with E-state index in [-0.39, 0.29) is 5.91 Å². The Morgan fingerprint density at radius 1 is 1.25 bits per heavy atom. The molecule has 0 radical (unpaired) electrons. The topological polar surface area (TPSA) is 46.3 Å². The number of benzene rings is 1. The molecule has 1 aliphatic carbocycles. The quantitative estimate of drug-likeness (QED) is 0.856. The lowest BCUT2D eigenvalue weighted by Gasteiger charge is -2.23. The number of carbonyl (C=O) groups excluding carboxylic acids is 1. The van der Waals surface area contributed by atoms with Crippen LogP contribution in [-0.2, 0) is 11.2 Å². The van der Waals surface area contributed by atoms with Crippen LogP contribution in [0.5, 0.6) is 0 Å². The molecule has 0 aromatic heterocycles. The van der Waals surface area contributed by atoms with Crippen molar-refractivity contribution in [3.8, 4) is 0 Å². The number of hydrogen-bond donors (Lipinski definition) is 1. The lowest BCUT2D eigenvalue weighted by Crippen LogP contribution is -2.29. The number of amides is 1. The van der Waals surface area contributed by atoms with Crippen LogP contribution < -0.4 is 10.6 Å². The third-order valence-electron chi connectivity index (χ3n) is 4.80. The molecule has 1 fully saturated rings. The molecule has 3 heteroatoms. The summed E-state index contributed by atoms with van der Waals surface area (Å²) in [6, 6.07) is 5.93. The smallest absolute Gasteiger partial charge is 0.227 e. The van der Waals surface area contributed by atoms with Gasteiger partial charge in [0, 0.05) is 24.3 Å². The van der Waals surface area contributed by atoms with Crippen molar-refractivity contribution in [1.29, 1.82) is 0 Å². The number of nitrogens with zero attached hydrogens (tertiary/aromatic N) is 1. The zero-order valence-corrected chi connectivity index (χ0v) is 12.1. The number of carbonyl (C=O) groups is 1. The first kappa shape index (κ1) is 13.5. The minimum Gasteiger partial charge on any atom is -0.399 e. The highest BCUT2D eigenvalue weighted by atomic mass is 16.2. The Labute approximate surface area is 121 Å². The monoisotopic (exact) mass is 272 g/mol. The molecular formula is C17H24N2O. The molecule has 1 aromatic rings. The number of rotatable bonds is 3. The van der Waals surface area contributed by atoms with E-state index in [4.69, 9.17) is 5.73 Å². The molecule has 1 aliphatic heterocycles. The number of fused-ring (bicyclic) bond motifs is 1. The van der Waals surface area contributed by atoms with Gasteiger partial charge in [-0.15, -0.1) is 0 Å². The summed E-state index contributed by atoms with van der Waals surface area (Å²) < 4.78 is 0. The van der Waals surface area contributed by atoms with Crippen LogP contribution in [0, 0.1) is 5.92 Å². The molecule has 108 valence electrons. The zero-order chi connectivity index (χ0) is 13.9. The molecule has 1 saturated carbocycles. The second-order valence-corrected chi connectivity index (χ2v) is 6.23. The summed E-state index contributed by atoms with van der Waals surface area (Å²) in [5.74, 6) is 1.05. The van der Waals surface area contributed by atoms with Gasteiger partial charge in [-0.05, 0) is 36.5 Å². The number of nitrogen functional groups attached to an aromatic ring is 1. The minimum absolute atomic E-state index is 0.278. The average molecular weight is 272 g/mol. The third kappa shape index (κ3) is 2.82. The van der Waals surface area contributed by atoms with Gasteiger partial charge >= 0.3 is 0 Å². The van der Waals surface area contributed by atoms with Crippen LogP contribution in [0.25, 0.3) is 0 Å². The molecule has 0 bridgehead atoms. The molecule has 2 aliphatic rings. The molecule has 1 aromatic carbocycles. The Balaban J connectivity index is 1.60. The molecule has 1 heterocycles. The molecule has 0 atom stereocenters. The highest BCUT2D eigenvalue weighted by Gasteiger charge is 2.25. The molecule has 3 nitrogen and oxygen atoms in total. The van der Waals surface area contributed by atoms with Crippen molar-refractivity contribution in [3.63, 3.8) is 0 Å². The van der Waals surface area contributed by atoms with Crippen LogP contribution in [0.15, 0.2) is 18.2 Å². The Morgan fingerprint density at radius 2 is 2.05 bits per heavy atom. The molecule has 20 heavy (non-hydrogen) atoms. The zero-order valence-electron chi connectivity index (χ0n) is 12.1. The second-order valence-electron chi connectivity index (χ2n) is 6.23. The van der Waals surface area contributed by atoms with Crippen LogP contribution in [0.2, 0.25) is 0 Å². The van der Waals surface area contributed by atoms with E-state index in [0.717, 1.165) is 36.7 Å². The number of hydrogen-bond acceptors (Lipinski definition) is 2. The summed E-state index contributed by atoms with van der Waals surface area (Å²) in [5, 5.41) is 0. The second kappa shape index (κ2) is 5.86. The summed E-state index contributed by atoms with van der Waals surface area (Å²) in [4.78, 5) is 14.4. The van der Waals surface area contributed by atoms with Crippen molar-refractivity contribution in [2.24, 2.45) is 5.92 Å². The maximum atomic E-state index is 12.4.